The number of ether oxygens (including phenoxy) is 2. The van der Waals surface area contributed by atoms with E-state index in [1.165, 1.54) is 14.2 Å². The van der Waals surface area contributed by atoms with E-state index in [2.05, 4.69) is 0 Å². The van der Waals surface area contributed by atoms with Crippen molar-refractivity contribution in [2.75, 3.05) is 19.1 Å². The van der Waals surface area contributed by atoms with Crippen LogP contribution in [-0.4, -0.2) is 43.7 Å². The molecule has 3 aliphatic rings. The number of halogens is 1. The Bertz CT molecular complexity index is 1780. The zero-order valence-corrected chi connectivity index (χ0v) is 23.7. The topological polar surface area (TPSA) is 72.9 Å². The van der Waals surface area contributed by atoms with E-state index >= 15 is 0 Å². The molecule has 7 heteroatoms. The molecule has 0 radical (unpaired) electrons. The molecule has 4 aromatic carbocycles. The fourth-order valence-electron chi connectivity index (χ4n) is 7.20. The summed E-state index contributed by atoms with van der Waals surface area (Å²) in [6, 6.07) is 25.1. The van der Waals surface area contributed by atoms with E-state index in [4.69, 9.17) is 21.1 Å². The van der Waals surface area contributed by atoms with Gasteiger partial charge in [-0.2, -0.15) is 0 Å². The first kappa shape index (κ1) is 26.2. The number of fused-ring (bicyclic) bond motifs is 5. The van der Waals surface area contributed by atoms with E-state index in [1.54, 1.807) is 60.7 Å². The lowest BCUT2D eigenvalue weighted by Gasteiger charge is -2.37. The van der Waals surface area contributed by atoms with Crippen LogP contribution in [0.4, 0.5) is 5.69 Å². The van der Waals surface area contributed by atoms with Crippen molar-refractivity contribution in [3.63, 3.8) is 0 Å². The molecule has 0 unspecified atom stereocenters. The number of methoxy groups -OCH3 is 2. The van der Waals surface area contributed by atoms with Crippen molar-refractivity contribution in [2.24, 2.45) is 5.41 Å². The van der Waals surface area contributed by atoms with Crippen molar-refractivity contribution in [1.29, 1.82) is 0 Å². The summed E-state index contributed by atoms with van der Waals surface area (Å²) in [5, 5.41) is 0.501. The monoisotopic (exact) mass is 575 g/mol. The van der Waals surface area contributed by atoms with Crippen LogP contribution >= 0.6 is 11.6 Å². The molecule has 0 N–H and O–H groups in total. The molecule has 7 rings (SSSR count). The van der Waals surface area contributed by atoms with E-state index in [0.717, 1.165) is 11.3 Å². The lowest BCUT2D eigenvalue weighted by molar-refractivity contribution is 0.0664. The van der Waals surface area contributed by atoms with Gasteiger partial charge in [0, 0.05) is 38.9 Å². The molecular weight excluding hydrogens is 550 g/mol. The van der Waals surface area contributed by atoms with Crippen LogP contribution in [0.2, 0.25) is 5.02 Å². The lowest BCUT2D eigenvalue weighted by Crippen LogP contribution is -2.48. The third-order valence-electron chi connectivity index (χ3n) is 8.88. The normalized spacial score (nSPS) is 21.2. The second kappa shape index (κ2) is 9.71. The molecule has 2 heterocycles. The first-order valence-corrected chi connectivity index (χ1v) is 14.1. The van der Waals surface area contributed by atoms with E-state index in [0.29, 0.717) is 38.8 Å². The van der Waals surface area contributed by atoms with Gasteiger partial charge >= 0.3 is 0 Å². The molecule has 1 fully saturated rings. The summed E-state index contributed by atoms with van der Waals surface area (Å²) < 4.78 is 11.5. The summed E-state index contributed by atoms with van der Waals surface area (Å²) in [6.07, 6.45) is 3.84. The molecule has 1 aliphatic carbocycles. The van der Waals surface area contributed by atoms with Gasteiger partial charge in [0.25, 0.3) is 0 Å². The van der Waals surface area contributed by atoms with Crippen LogP contribution < -0.4 is 14.4 Å². The Labute approximate surface area is 248 Å². The third kappa shape index (κ3) is 3.42. The van der Waals surface area contributed by atoms with Gasteiger partial charge in [-0.25, -0.2) is 0 Å². The van der Waals surface area contributed by atoms with Crippen LogP contribution in [0.5, 0.6) is 11.5 Å². The average Bonchev–Trinajstić information content (AvgIpc) is 3.46. The summed E-state index contributed by atoms with van der Waals surface area (Å²) in [6.45, 7) is 0. The van der Waals surface area contributed by atoms with Crippen LogP contribution in [0.1, 0.15) is 48.1 Å². The first-order chi connectivity index (χ1) is 20.4. The minimum absolute atomic E-state index is 0.231. The van der Waals surface area contributed by atoms with Crippen LogP contribution in [0.3, 0.4) is 0 Å². The highest BCUT2D eigenvalue weighted by atomic mass is 35.5. The largest absolute Gasteiger partial charge is 0.493 e. The predicted octanol–water partition coefficient (Wildman–Crippen LogP) is 6.67. The maximum atomic E-state index is 14.8. The Kier molecular flexibility index (Phi) is 6.06. The molecule has 1 saturated heterocycles. The minimum atomic E-state index is -1.64. The highest BCUT2D eigenvalue weighted by Crippen LogP contribution is 2.62. The SMILES string of the molecule is COc1cccc([C@H]2[C@H](C(=O)c3ccc(Cl)cc3)N3c4ccccc4C=C[C@H]3C23C(=O)c2ccccc2C3=O)c1OC. The van der Waals surface area contributed by atoms with Gasteiger partial charge in [-0.1, -0.05) is 78.4 Å². The average molecular weight is 576 g/mol. The fourth-order valence-corrected chi connectivity index (χ4v) is 7.33. The Morgan fingerprint density at radius 1 is 0.810 bits per heavy atom. The van der Waals surface area contributed by atoms with Gasteiger partial charge in [0.1, 0.15) is 11.5 Å². The Morgan fingerprint density at radius 2 is 1.48 bits per heavy atom. The number of ketones is 3. The third-order valence-corrected chi connectivity index (χ3v) is 9.13. The van der Waals surface area contributed by atoms with Crippen molar-refractivity contribution in [3.05, 3.63) is 130 Å². The number of para-hydroxylation sites is 2. The molecule has 1 spiro atoms. The number of nitrogens with zero attached hydrogens (tertiary/aromatic N) is 1. The molecule has 6 nitrogen and oxygen atoms in total. The van der Waals surface area contributed by atoms with Gasteiger partial charge in [0.05, 0.1) is 20.3 Å². The van der Waals surface area contributed by atoms with E-state index < -0.39 is 23.4 Å². The summed E-state index contributed by atoms with van der Waals surface area (Å²) >= 11 is 6.19. The number of hydrogen-bond donors (Lipinski definition) is 0. The predicted molar refractivity (Wildman–Crippen MR) is 161 cm³/mol. The Balaban J connectivity index is 1.58. The van der Waals surface area contributed by atoms with Gasteiger partial charge in [-0.15, -0.1) is 0 Å². The van der Waals surface area contributed by atoms with Gasteiger partial charge in [-0.05, 0) is 42.0 Å². The van der Waals surface area contributed by atoms with Gasteiger partial charge in [-0.3, -0.25) is 14.4 Å². The van der Waals surface area contributed by atoms with Gasteiger partial charge in [0.2, 0.25) is 0 Å². The van der Waals surface area contributed by atoms with Crippen molar-refractivity contribution >= 4 is 40.7 Å². The van der Waals surface area contributed by atoms with Crippen LogP contribution in [0.15, 0.2) is 97.1 Å². The Morgan fingerprint density at radius 3 is 2.14 bits per heavy atom. The summed E-state index contributed by atoms with van der Waals surface area (Å²) in [4.78, 5) is 46.4. The zero-order chi connectivity index (χ0) is 29.2. The molecule has 3 atom stereocenters. The molecule has 0 saturated carbocycles. The van der Waals surface area contributed by atoms with Gasteiger partial charge in [0.15, 0.2) is 28.8 Å². The van der Waals surface area contributed by atoms with Crippen molar-refractivity contribution in [3.8, 4) is 11.5 Å². The number of Topliss-reactive ketones (excluding diaryl/α,β-unsaturated/α-hetero) is 3. The number of carbonyl (C=O) groups is 3. The molecule has 0 amide bonds. The Hall–Kier alpha value is -4.68. The lowest BCUT2D eigenvalue weighted by atomic mass is 9.64. The second-order valence-corrected chi connectivity index (χ2v) is 11.2. The van der Waals surface area contributed by atoms with Crippen LogP contribution in [0, 0.1) is 5.41 Å². The van der Waals surface area contributed by atoms with E-state index in [1.807, 2.05) is 47.4 Å². The van der Waals surface area contributed by atoms with Crippen molar-refractivity contribution < 1.29 is 23.9 Å². The highest BCUT2D eigenvalue weighted by molar-refractivity contribution is 6.32. The number of benzene rings is 4. The number of rotatable bonds is 5. The van der Waals surface area contributed by atoms with Gasteiger partial charge < -0.3 is 14.4 Å². The summed E-state index contributed by atoms with van der Waals surface area (Å²) in [7, 11) is 3.06. The molecule has 42 heavy (non-hydrogen) atoms. The fraction of sp³-hybridized carbons (Fsp3) is 0.171. The molecule has 2 aliphatic heterocycles. The van der Waals surface area contributed by atoms with Crippen LogP contribution in [0.25, 0.3) is 6.08 Å². The molecule has 0 aromatic heterocycles. The molecule has 0 bridgehead atoms. The van der Waals surface area contributed by atoms with Crippen LogP contribution in [-0.2, 0) is 0 Å². The maximum absolute atomic E-state index is 14.8. The minimum Gasteiger partial charge on any atom is -0.493 e. The van der Waals surface area contributed by atoms with E-state index in [-0.39, 0.29) is 17.3 Å². The van der Waals surface area contributed by atoms with Crippen molar-refractivity contribution in [1.82, 2.24) is 0 Å². The number of anilines is 1. The second-order valence-electron chi connectivity index (χ2n) is 10.7. The quantitative estimate of drug-likeness (QED) is 0.195. The van der Waals surface area contributed by atoms with Crippen molar-refractivity contribution in [2.45, 2.75) is 18.0 Å². The molecular formula is C35H26ClNO5. The highest BCUT2D eigenvalue weighted by Gasteiger charge is 2.72. The summed E-state index contributed by atoms with van der Waals surface area (Å²) in [5.74, 6) is -0.929. The number of hydrogen-bond acceptors (Lipinski definition) is 6. The van der Waals surface area contributed by atoms with E-state index in [9.17, 15) is 14.4 Å². The zero-order valence-electron chi connectivity index (χ0n) is 22.9. The summed E-state index contributed by atoms with van der Waals surface area (Å²) in [5.41, 5.74) is 1.74. The maximum Gasteiger partial charge on any atom is 0.185 e. The number of carbonyl (C=O) groups excluding carboxylic acids is 3. The molecule has 4 aromatic rings. The molecule has 208 valence electrons. The standard InChI is InChI=1S/C35H26ClNO5/c1-41-27-13-7-11-25(32(27)42-2)29-30(31(38)21-14-17-22(36)18-15-21)37-26-12-6-3-8-20(26)16-19-28(37)35(29)33(39)23-9-4-5-10-24(23)34(35)40/h3-19,28-30H,1-2H3/t28-,29-,30+/m0/s1. The smallest absolute Gasteiger partial charge is 0.185 e. The first-order valence-electron chi connectivity index (χ1n) is 13.7.